The Balaban J connectivity index is 2.10. The van der Waals surface area contributed by atoms with Crippen molar-refractivity contribution in [3.05, 3.63) is 48.5 Å². The highest BCUT2D eigenvalue weighted by molar-refractivity contribution is 7.92. The molecule has 0 fully saturated rings. The number of hydrogen-bond donors (Lipinski definition) is 1. The largest absolute Gasteiger partial charge is 0.494 e. The number of nitrogens with zero attached hydrogens (tertiary/aromatic N) is 1. The molecular formula is C19H24N2O5S. The van der Waals surface area contributed by atoms with Crippen molar-refractivity contribution < 1.29 is 22.7 Å². The maximum atomic E-state index is 12.3. The lowest BCUT2D eigenvalue weighted by atomic mass is 10.3. The molecule has 8 heteroatoms. The summed E-state index contributed by atoms with van der Waals surface area (Å²) in [5.74, 6) is 0.884. The number of anilines is 2. The predicted octanol–water partition coefficient (Wildman–Crippen LogP) is 2.89. The normalized spacial score (nSPS) is 10.9. The molecule has 0 heterocycles. The van der Waals surface area contributed by atoms with E-state index in [4.69, 9.17) is 9.47 Å². The molecule has 7 nitrogen and oxygen atoms in total. The van der Waals surface area contributed by atoms with Gasteiger partial charge in [-0.25, -0.2) is 8.42 Å². The standard InChI is InChI=1S/C19H24N2O5S/c1-4-25-17-10-6-15(7-11-17)20-19(22)14-21(27(3,23)24)16-8-12-18(13-9-16)26-5-2/h6-13H,4-5,14H2,1-3H3,(H,20,22). The number of ether oxygens (including phenoxy) is 2. The number of carbonyl (C=O) groups excluding carboxylic acids is 1. The van der Waals surface area contributed by atoms with E-state index in [1.54, 1.807) is 48.5 Å². The van der Waals surface area contributed by atoms with Gasteiger partial charge < -0.3 is 14.8 Å². The first kappa shape index (κ1) is 20.6. The van der Waals surface area contributed by atoms with E-state index < -0.39 is 15.9 Å². The zero-order chi connectivity index (χ0) is 19.9. The molecule has 2 aromatic rings. The summed E-state index contributed by atoms with van der Waals surface area (Å²) in [4.78, 5) is 12.3. The van der Waals surface area contributed by atoms with Crippen molar-refractivity contribution in [3.8, 4) is 11.5 Å². The quantitative estimate of drug-likeness (QED) is 0.709. The van der Waals surface area contributed by atoms with E-state index in [0.29, 0.717) is 36.1 Å². The van der Waals surface area contributed by atoms with Crippen LogP contribution in [0.25, 0.3) is 0 Å². The molecule has 0 aliphatic carbocycles. The van der Waals surface area contributed by atoms with Gasteiger partial charge in [-0.3, -0.25) is 9.10 Å². The lowest BCUT2D eigenvalue weighted by Crippen LogP contribution is -2.37. The number of nitrogens with one attached hydrogen (secondary N) is 1. The molecule has 0 saturated carbocycles. The molecule has 2 aromatic carbocycles. The van der Waals surface area contributed by atoms with E-state index in [1.807, 2.05) is 13.8 Å². The third-order valence-electron chi connectivity index (χ3n) is 3.57. The lowest BCUT2D eigenvalue weighted by Gasteiger charge is -2.22. The Labute approximate surface area is 160 Å². The number of carbonyl (C=O) groups is 1. The summed E-state index contributed by atoms with van der Waals surface area (Å²) in [6.07, 6.45) is 1.06. The zero-order valence-corrected chi connectivity index (χ0v) is 16.5. The minimum absolute atomic E-state index is 0.333. The van der Waals surface area contributed by atoms with Crippen molar-refractivity contribution in [2.45, 2.75) is 13.8 Å². The number of rotatable bonds is 9. The van der Waals surface area contributed by atoms with E-state index in [1.165, 1.54) is 0 Å². The smallest absolute Gasteiger partial charge is 0.245 e. The summed E-state index contributed by atoms with van der Waals surface area (Å²) in [6, 6.07) is 13.4. The van der Waals surface area contributed by atoms with Crippen LogP contribution >= 0.6 is 0 Å². The van der Waals surface area contributed by atoms with Crippen molar-refractivity contribution in [1.29, 1.82) is 0 Å². The summed E-state index contributed by atoms with van der Waals surface area (Å²) >= 11 is 0. The van der Waals surface area contributed by atoms with Gasteiger partial charge in [0, 0.05) is 5.69 Å². The maximum absolute atomic E-state index is 12.3. The van der Waals surface area contributed by atoms with Crippen LogP contribution in [0.1, 0.15) is 13.8 Å². The topological polar surface area (TPSA) is 84.9 Å². The van der Waals surface area contributed by atoms with Crippen LogP contribution in [0.4, 0.5) is 11.4 Å². The van der Waals surface area contributed by atoms with Gasteiger partial charge >= 0.3 is 0 Å². The van der Waals surface area contributed by atoms with Crippen molar-refractivity contribution >= 4 is 27.3 Å². The van der Waals surface area contributed by atoms with Gasteiger partial charge in [0.1, 0.15) is 18.0 Å². The second kappa shape index (κ2) is 9.27. The van der Waals surface area contributed by atoms with Crippen molar-refractivity contribution in [2.75, 3.05) is 35.6 Å². The fourth-order valence-corrected chi connectivity index (χ4v) is 3.26. The molecule has 0 aliphatic rings. The molecule has 146 valence electrons. The first-order valence-corrected chi connectivity index (χ1v) is 10.4. The molecule has 1 N–H and O–H groups in total. The first-order valence-electron chi connectivity index (χ1n) is 8.56. The second-order valence-corrected chi connectivity index (χ2v) is 7.61. The molecule has 1 amide bonds. The highest BCUT2D eigenvalue weighted by atomic mass is 32.2. The molecule has 0 radical (unpaired) electrons. The van der Waals surface area contributed by atoms with Gasteiger partial charge in [-0.1, -0.05) is 0 Å². The minimum Gasteiger partial charge on any atom is -0.494 e. The fraction of sp³-hybridized carbons (Fsp3) is 0.316. The average Bonchev–Trinajstić information content (AvgIpc) is 2.62. The molecule has 0 spiro atoms. The van der Waals surface area contributed by atoms with E-state index in [2.05, 4.69) is 5.32 Å². The van der Waals surface area contributed by atoms with E-state index in [9.17, 15) is 13.2 Å². The Hall–Kier alpha value is -2.74. The van der Waals surface area contributed by atoms with Crippen LogP contribution in [0.15, 0.2) is 48.5 Å². The Morgan fingerprint density at radius 3 is 1.85 bits per heavy atom. The average molecular weight is 392 g/mol. The predicted molar refractivity (Wildman–Crippen MR) is 106 cm³/mol. The molecule has 2 rings (SSSR count). The molecule has 0 aromatic heterocycles. The monoisotopic (exact) mass is 392 g/mol. The number of sulfonamides is 1. The van der Waals surface area contributed by atoms with Crippen molar-refractivity contribution in [2.24, 2.45) is 0 Å². The number of benzene rings is 2. The van der Waals surface area contributed by atoms with Gasteiger partial charge in [-0.15, -0.1) is 0 Å². The second-order valence-electron chi connectivity index (χ2n) is 5.70. The Morgan fingerprint density at radius 1 is 0.926 bits per heavy atom. The van der Waals surface area contributed by atoms with Crippen LogP contribution in [-0.2, 0) is 14.8 Å². The third-order valence-corrected chi connectivity index (χ3v) is 4.71. The summed E-state index contributed by atoms with van der Waals surface area (Å²) in [6.45, 7) is 4.48. The zero-order valence-electron chi connectivity index (χ0n) is 15.6. The van der Waals surface area contributed by atoms with Crippen LogP contribution in [0, 0.1) is 0 Å². The molecule has 27 heavy (non-hydrogen) atoms. The van der Waals surface area contributed by atoms with Crippen LogP contribution in [0.3, 0.4) is 0 Å². The van der Waals surface area contributed by atoms with Crippen molar-refractivity contribution in [3.63, 3.8) is 0 Å². The molecule has 0 atom stereocenters. The molecular weight excluding hydrogens is 368 g/mol. The van der Waals surface area contributed by atoms with Gasteiger partial charge in [0.05, 0.1) is 25.2 Å². The van der Waals surface area contributed by atoms with Crippen LogP contribution < -0.4 is 19.1 Å². The third kappa shape index (κ3) is 6.18. The fourth-order valence-electron chi connectivity index (χ4n) is 2.41. The summed E-state index contributed by atoms with van der Waals surface area (Å²) in [5, 5.41) is 2.69. The maximum Gasteiger partial charge on any atom is 0.245 e. The minimum atomic E-state index is -3.63. The van der Waals surface area contributed by atoms with E-state index in [-0.39, 0.29) is 6.54 Å². The Bertz CT molecular complexity index is 849. The Morgan fingerprint density at radius 2 is 1.41 bits per heavy atom. The molecule has 0 bridgehead atoms. The lowest BCUT2D eigenvalue weighted by molar-refractivity contribution is -0.114. The van der Waals surface area contributed by atoms with Gasteiger partial charge in [-0.2, -0.15) is 0 Å². The molecule has 0 unspecified atom stereocenters. The van der Waals surface area contributed by atoms with Crippen LogP contribution in [0.5, 0.6) is 11.5 Å². The van der Waals surface area contributed by atoms with E-state index >= 15 is 0 Å². The van der Waals surface area contributed by atoms with Crippen LogP contribution in [0.2, 0.25) is 0 Å². The van der Waals surface area contributed by atoms with Gasteiger partial charge in [-0.05, 0) is 62.4 Å². The van der Waals surface area contributed by atoms with Gasteiger partial charge in [0.25, 0.3) is 0 Å². The van der Waals surface area contributed by atoms with Gasteiger partial charge in [0.2, 0.25) is 15.9 Å². The molecule has 0 aliphatic heterocycles. The first-order chi connectivity index (χ1) is 12.8. The van der Waals surface area contributed by atoms with Crippen LogP contribution in [-0.4, -0.2) is 40.3 Å². The summed E-state index contributed by atoms with van der Waals surface area (Å²) in [7, 11) is -3.63. The highest BCUT2D eigenvalue weighted by Crippen LogP contribution is 2.22. The summed E-state index contributed by atoms with van der Waals surface area (Å²) in [5.41, 5.74) is 0.950. The SMILES string of the molecule is CCOc1ccc(NC(=O)CN(c2ccc(OCC)cc2)S(C)(=O)=O)cc1. The summed E-state index contributed by atoms with van der Waals surface area (Å²) < 4.78 is 36.0. The molecule has 0 saturated heterocycles. The number of hydrogen-bond acceptors (Lipinski definition) is 5. The van der Waals surface area contributed by atoms with Crippen molar-refractivity contribution in [1.82, 2.24) is 0 Å². The highest BCUT2D eigenvalue weighted by Gasteiger charge is 2.21. The number of amides is 1. The Kier molecular flexibility index (Phi) is 7.06. The van der Waals surface area contributed by atoms with Gasteiger partial charge in [0.15, 0.2) is 0 Å². The van der Waals surface area contributed by atoms with E-state index in [0.717, 1.165) is 10.6 Å².